The zero-order chi connectivity index (χ0) is 20.9. The van der Waals surface area contributed by atoms with E-state index in [1.807, 2.05) is 0 Å². The second-order valence-electron chi connectivity index (χ2n) is 6.23. The molecule has 0 aliphatic carbocycles. The number of benzene rings is 2. The van der Waals surface area contributed by atoms with Crippen LogP contribution in [0.4, 0.5) is 5.69 Å². The summed E-state index contributed by atoms with van der Waals surface area (Å²) in [6.07, 6.45) is 1.47. The number of hydrogen-bond donors (Lipinski definition) is 0. The van der Waals surface area contributed by atoms with E-state index in [0.29, 0.717) is 10.7 Å². The first kappa shape index (κ1) is 21.4. The summed E-state index contributed by atoms with van der Waals surface area (Å²) in [5, 5.41) is 1.71. The highest BCUT2D eigenvalue weighted by Crippen LogP contribution is 2.23. The molecule has 1 aliphatic rings. The van der Waals surface area contributed by atoms with E-state index in [2.05, 4.69) is 0 Å². The number of esters is 1. The molecule has 9 heteroatoms. The van der Waals surface area contributed by atoms with Crippen molar-refractivity contribution in [2.75, 3.05) is 23.0 Å². The Morgan fingerprint density at radius 2 is 1.79 bits per heavy atom. The number of halogens is 1. The number of anilines is 1. The van der Waals surface area contributed by atoms with Crippen LogP contribution in [0.2, 0.25) is 5.02 Å². The van der Waals surface area contributed by atoms with Gasteiger partial charge in [-0.25, -0.2) is 8.42 Å². The van der Waals surface area contributed by atoms with Crippen LogP contribution in [0, 0.1) is 0 Å². The van der Waals surface area contributed by atoms with Crippen LogP contribution in [0.5, 0.6) is 0 Å². The Morgan fingerprint density at radius 3 is 2.41 bits per heavy atom. The molecule has 2 aromatic rings. The average Bonchev–Trinajstić information content (AvgIpc) is 3.06. The Kier molecular flexibility index (Phi) is 7.00. The molecule has 1 unspecified atom stereocenters. The van der Waals surface area contributed by atoms with E-state index < -0.39 is 34.4 Å². The predicted molar refractivity (Wildman–Crippen MR) is 114 cm³/mol. The van der Waals surface area contributed by atoms with Crippen molar-refractivity contribution in [3.63, 3.8) is 0 Å². The maximum absolute atomic E-state index is 12.8. The maximum atomic E-state index is 12.8. The van der Waals surface area contributed by atoms with Gasteiger partial charge < -0.3 is 9.64 Å². The zero-order valence-corrected chi connectivity index (χ0v) is 17.6. The normalized spacial score (nSPS) is 17.1. The fraction of sp³-hybridized carbons (Fsp3) is 0.200. The molecule has 2 aromatic carbocycles. The topological polar surface area (TPSA) is 80.8 Å². The number of hydrogen-bond acceptors (Lipinski definition) is 6. The van der Waals surface area contributed by atoms with Crippen LogP contribution in [0.25, 0.3) is 0 Å². The van der Waals surface area contributed by atoms with Crippen molar-refractivity contribution in [1.82, 2.24) is 0 Å². The molecule has 0 radical (unpaired) electrons. The van der Waals surface area contributed by atoms with Gasteiger partial charge in [0.2, 0.25) is 0 Å². The van der Waals surface area contributed by atoms with E-state index in [1.54, 1.807) is 54.6 Å². The molecule has 0 saturated heterocycles. The molecular weight excluding hydrogens is 434 g/mol. The molecule has 0 bridgehead atoms. The first-order valence-electron chi connectivity index (χ1n) is 8.66. The van der Waals surface area contributed by atoms with E-state index in [9.17, 15) is 18.0 Å². The van der Waals surface area contributed by atoms with Crippen LogP contribution in [-0.4, -0.2) is 44.4 Å². The van der Waals surface area contributed by atoms with Gasteiger partial charge in [-0.15, -0.1) is 11.8 Å². The minimum atomic E-state index is -3.35. The van der Waals surface area contributed by atoms with Gasteiger partial charge in [-0.1, -0.05) is 29.8 Å². The standard InChI is InChI=1S/C20H18ClNO5S2/c21-15-6-8-18(9-7-15)28-13-20(24)27-12-19(23)22(16-4-2-1-3-5-16)17-10-11-29(25,26)14-17/h1-11,17H,12-14H2. The summed E-state index contributed by atoms with van der Waals surface area (Å²) in [5.41, 5.74) is 0.538. The lowest BCUT2D eigenvalue weighted by molar-refractivity contribution is -0.145. The highest BCUT2D eigenvalue weighted by molar-refractivity contribution is 8.00. The van der Waals surface area contributed by atoms with Crippen molar-refractivity contribution in [2.24, 2.45) is 0 Å². The van der Waals surface area contributed by atoms with E-state index in [-0.39, 0.29) is 11.5 Å². The van der Waals surface area contributed by atoms with Crippen molar-refractivity contribution in [3.05, 3.63) is 71.1 Å². The van der Waals surface area contributed by atoms with Gasteiger partial charge in [0, 0.05) is 21.0 Å². The molecule has 152 valence electrons. The number of rotatable bonds is 7. The van der Waals surface area contributed by atoms with Crippen molar-refractivity contribution < 1.29 is 22.7 Å². The summed E-state index contributed by atoms with van der Waals surface area (Å²) < 4.78 is 28.7. The van der Waals surface area contributed by atoms with Crippen LogP contribution in [0.3, 0.4) is 0 Å². The molecule has 1 aliphatic heterocycles. The van der Waals surface area contributed by atoms with Gasteiger partial charge >= 0.3 is 5.97 Å². The number of carbonyl (C=O) groups excluding carboxylic acids is 2. The first-order chi connectivity index (χ1) is 13.8. The SMILES string of the molecule is O=C(CSc1ccc(Cl)cc1)OCC(=O)N(c1ccccc1)C1C=CS(=O)(=O)C1. The molecule has 0 aromatic heterocycles. The van der Waals surface area contributed by atoms with Gasteiger partial charge in [-0.3, -0.25) is 9.59 Å². The lowest BCUT2D eigenvalue weighted by Gasteiger charge is -2.27. The predicted octanol–water partition coefficient (Wildman–Crippen LogP) is 3.32. The second-order valence-corrected chi connectivity index (χ2v) is 9.64. The molecule has 1 amide bonds. The molecule has 3 rings (SSSR count). The van der Waals surface area contributed by atoms with Crippen LogP contribution >= 0.6 is 23.4 Å². The first-order valence-corrected chi connectivity index (χ1v) is 11.7. The third kappa shape index (κ3) is 6.09. The van der Waals surface area contributed by atoms with Crippen LogP contribution < -0.4 is 4.90 Å². The molecular formula is C20H18ClNO5S2. The van der Waals surface area contributed by atoms with Gasteiger partial charge in [0.25, 0.3) is 5.91 Å². The van der Waals surface area contributed by atoms with Gasteiger partial charge in [0.15, 0.2) is 16.4 Å². The fourth-order valence-corrected chi connectivity index (χ4v) is 4.85. The summed E-state index contributed by atoms with van der Waals surface area (Å²) in [4.78, 5) is 27.0. The summed E-state index contributed by atoms with van der Waals surface area (Å²) in [7, 11) is -3.35. The minimum Gasteiger partial charge on any atom is -0.455 e. The lowest BCUT2D eigenvalue weighted by atomic mass is 10.2. The van der Waals surface area contributed by atoms with Crippen molar-refractivity contribution in [1.29, 1.82) is 0 Å². The Labute approximate surface area is 178 Å². The molecule has 29 heavy (non-hydrogen) atoms. The van der Waals surface area contributed by atoms with E-state index in [0.717, 1.165) is 10.3 Å². The van der Waals surface area contributed by atoms with Gasteiger partial charge in [0.05, 0.1) is 17.5 Å². The van der Waals surface area contributed by atoms with E-state index >= 15 is 0 Å². The molecule has 6 nitrogen and oxygen atoms in total. The monoisotopic (exact) mass is 451 g/mol. The Morgan fingerprint density at radius 1 is 1.10 bits per heavy atom. The van der Waals surface area contributed by atoms with Crippen LogP contribution in [-0.2, 0) is 24.2 Å². The smallest absolute Gasteiger partial charge is 0.316 e. The third-order valence-electron chi connectivity index (χ3n) is 4.07. The summed E-state index contributed by atoms with van der Waals surface area (Å²) in [5.74, 6) is -1.19. The van der Waals surface area contributed by atoms with Crippen LogP contribution in [0.15, 0.2) is 71.0 Å². The minimum absolute atomic E-state index is 0.0396. The molecule has 1 heterocycles. The van der Waals surface area contributed by atoms with Crippen molar-refractivity contribution >= 4 is 50.8 Å². The van der Waals surface area contributed by atoms with Gasteiger partial charge in [0.1, 0.15) is 0 Å². The number of ether oxygens (including phenoxy) is 1. The number of amides is 1. The molecule has 1 atom stereocenters. The van der Waals surface area contributed by atoms with Crippen molar-refractivity contribution in [2.45, 2.75) is 10.9 Å². The number of para-hydroxylation sites is 1. The Balaban J connectivity index is 1.60. The average molecular weight is 452 g/mol. The van der Waals surface area contributed by atoms with E-state index in [1.165, 1.54) is 22.7 Å². The maximum Gasteiger partial charge on any atom is 0.316 e. The number of sulfone groups is 1. The van der Waals surface area contributed by atoms with Crippen molar-refractivity contribution in [3.8, 4) is 0 Å². The molecule has 0 spiro atoms. The largest absolute Gasteiger partial charge is 0.455 e. The summed E-state index contributed by atoms with van der Waals surface area (Å²) >= 11 is 7.10. The molecule has 0 saturated carbocycles. The van der Waals surface area contributed by atoms with Gasteiger partial charge in [-0.2, -0.15) is 0 Å². The third-order valence-corrected chi connectivity index (χ3v) is 6.69. The number of nitrogens with zero attached hydrogens (tertiary/aromatic N) is 1. The van der Waals surface area contributed by atoms with Crippen LogP contribution in [0.1, 0.15) is 0 Å². The number of thioether (sulfide) groups is 1. The molecule has 0 N–H and O–H groups in total. The fourth-order valence-electron chi connectivity index (χ4n) is 2.76. The zero-order valence-electron chi connectivity index (χ0n) is 15.2. The second kappa shape index (κ2) is 9.47. The Hall–Kier alpha value is -2.29. The lowest BCUT2D eigenvalue weighted by Crippen LogP contribution is -2.43. The highest BCUT2D eigenvalue weighted by atomic mass is 35.5. The van der Waals surface area contributed by atoms with E-state index in [4.69, 9.17) is 16.3 Å². The molecule has 0 fully saturated rings. The van der Waals surface area contributed by atoms with Gasteiger partial charge in [-0.05, 0) is 42.5 Å². The summed E-state index contributed by atoms with van der Waals surface area (Å²) in [6.45, 7) is -0.473. The quantitative estimate of drug-likeness (QED) is 0.474. The highest BCUT2D eigenvalue weighted by Gasteiger charge is 2.31. The summed E-state index contributed by atoms with van der Waals surface area (Å²) in [6, 6.07) is 15.1. The number of carbonyl (C=O) groups is 2. The Bertz CT molecular complexity index is 1010.